The smallest absolute Gasteiger partial charge is 0.273 e. The molecule has 0 aliphatic carbocycles. The van der Waals surface area contributed by atoms with E-state index in [1.54, 1.807) is 30.3 Å². The molecule has 1 aliphatic heterocycles. The molecule has 0 fully saturated rings. The van der Waals surface area contributed by atoms with Crippen LogP contribution in [0.5, 0.6) is 11.5 Å². The number of carbonyl (C=O) groups is 2. The van der Waals surface area contributed by atoms with Gasteiger partial charge >= 0.3 is 0 Å². The summed E-state index contributed by atoms with van der Waals surface area (Å²) in [5, 5.41) is 9.68. The summed E-state index contributed by atoms with van der Waals surface area (Å²) in [6, 6.07) is 13.9. The maximum absolute atomic E-state index is 12.4. The molecule has 26 heavy (non-hydrogen) atoms. The minimum Gasteiger partial charge on any atom is -0.454 e. The molecule has 0 radical (unpaired) electrons. The van der Waals surface area contributed by atoms with Crippen LogP contribution in [0.25, 0.3) is 11.3 Å². The molecule has 2 heterocycles. The Labute approximate surface area is 148 Å². The minimum atomic E-state index is -0.319. The molecule has 7 nitrogen and oxygen atoms in total. The molecule has 1 aromatic heterocycles. The SMILES string of the molecule is CC(=O)c1ccc(NC(=O)c2cc(-c3ccc4c(c3)OCO4)n[nH]2)cc1. The van der Waals surface area contributed by atoms with Gasteiger partial charge < -0.3 is 14.8 Å². The van der Waals surface area contributed by atoms with Crippen molar-refractivity contribution in [2.45, 2.75) is 6.92 Å². The molecule has 0 atom stereocenters. The van der Waals surface area contributed by atoms with E-state index in [0.29, 0.717) is 34.1 Å². The summed E-state index contributed by atoms with van der Waals surface area (Å²) < 4.78 is 10.6. The van der Waals surface area contributed by atoms with E-state index in [4.69, 9.17) is 9.47 Å². The molecular formula is C19H15N3O4. The Morgan fingerprint density at radius 2 is 1.81 bits per heavy atom. The largest absolute Gasteiger partial charge is 0.454 e. The third-order valence-electron chi connectivity index (χ3n) is 4.04. The van der Waals surface area contributed by atoms with E-state index >= 15 is 0 Å². The molecule has 0 saturated heterocycles. The fourth-order valence-electron chi connectivity index (χ4n) is 2.63. The van der Waals surface area contributed by atoms with Crippen molar-refractivity contribution in [2.24, 2.45) is 0 Å². The minimum absolute atomic E-state index is 0.0233. The highest BCUT2D eigenvalue weighted by molar-refractivity contribution is 6.03. The van der Waals surface area contributed by atoms with E-state index in [0.717, 1.165) is 5.56 Å². The molecule has 0 spiro atoms. The van der Waals surface area contributed by atoms with Crippen molar-refractivity contribution in [3.63, 3.8) is 0 Å². The van der Waals surface area contributed by atoms with E-state index in [-0.39, 0.29) is 18.5 Å². The van der Waals surface area contributed by atoms with Gasteiger partial charge in [0.25, 0.3) is 5.91 Å². The Morgan fingerprint density at radius 3 is 2.58 bits per heavy atom. The van der Waals surface area contributed by atoms with Crippen molar-refractivity contribution in [3.05, 3.63) is 59.8 Å². The fraction of sp³-hybridized carbons (Fsp3) is 0.105. The first-order valence-electron chi connectivity index (χ1n) is 7.98. The highest BCUT2D eigenvalue weighted by Crippen LogP contribution is 2.35. The Balaban J connectivity index is 1.50. The summed E-state index contributed by atoms with van der Waals surface area (Å²) in [4.78, 5) is 23.7. The van der Waals surface area contributed by atoms with Crippen molar-refractivity contribution < 1.29 is 19.1 Å². The van der Waals surface area contributed by atoms with Crippen LogP contribution in [-0.2, 0) is 0 Å². The van der Waals surface area contributed by atoms with Gasteiger partial charge in [-0.3, -0.25) is 14.7 Å². The van der Waals surface area contributed by atoms with E-state index < -0.39 is 0 Å². The summed E-state index contributed by atoms with van der Waals surface area (Å²) in [7, 11) is 0. The first kappa shape index (κ1) is 15.9. The Morgan fingerprint density at radius 1 is 1.04 bits per heavy atom. The number of ketones is 1. The lowest BCUT2D eigenvalue weighted by Crippen LogP contribution is -2.12. The van der Waals surface area contributed by atoms with Crippen LogP contribution in [0.15, 0.2) is 48.5 Å². The molecular weight excluding hydrogens is 334 g/mol. The quantitative estimate of drug-likeness (QED) is 0.705. The zero-order chi connectivity index (χ0) is 18.1. The number of fused-ring (bicyclic) bond motifs is 1. The summed E-state index contributed by atoms with van der Waals surface area (Å²) in [5.41, 5.74) is 2.96. The molecule has 0 saturated carbocycles. The summed E-state index contributed by atoms with van der Waals surface area (Å²) in [5.74, 6) is 1.00. The molecule has 130 valence electrons. The molecule has 0 unspecified atom stereocenters. The van der Waals surface area contributed by atoms with E-state index in [9.17, 15) is 9.59 Å². The predicted octanol–water partition coefficient (Wildman–Crippen LogP) is 3.26. The first-order chi connectivity index (χ1) is 12.6. The number of aromatic nitrogens is 2. The average molecular weight is 349 g/mol. The number of carbonyl (C=O) groups excluding carboxylic acids is 2. The van der Waals surface area contributed by atoms with Gasteiger partial charge in [0, 0.05) is 16.8 Å². The van der Waals surface area contributed by atoms with Crippen LogP contribution in [0.4, 0.5) is 5.69 Å². The van der Waals surface area contributed by atoms with Gasteiger partial charge in [-0.15, -0.1) is 0 Å². The molecule has 0 bridgehead atoms. The van der Waals surface area contributed by atoms with Crippen molar-refractivity contribution in [3.8, 4) is 22.8 Å². The van der Waals surface area contributed by atoms with E-state index in [2.05, 4.69) is 15.5 Å². The number of hydrogen-bond donors (Lipinski definition) is 2. The summed E-state index contributed by atoms with van der Waals surface area (Å²) in [6.45, 7) is 1.70. The van der Waals surface area contributed by atoms with Crippen molar-refractivity contribution in [1.29, 1.82) is 0 Å². The van der Waals surface area contributed by atoms with Crippen LogP contribution < -0.4 is 14.8 Å². The number of anilines is 1. The van der Waals surface area contributed by atoms with Gasteiger partial charge in [-0.25, -0.2) is 0 Å². The lowest BCUT2D eigenvalue weighted by molar-refractivity contribution is 0.101. The van der Waals surface area contributed by atoms with Gasteiger partial charge in [-0.05, 0) is 55.5 Å². The van der Waals surface area contributed by atoms with Crippen LogP contribution >= 0.6 is 0 Å². The molecule has 1 amide bonds. The third-order valence-corrected chi connectivity index (χ3v) is 4.04. The highest BCUT2D eigenvalue weighted by Gasteiger charge is 2.16. The third kappa shape index (κ3) is 3.02. The van der Waals surface area contributed by atoms with Gasteiger partial charge in [-0.1, -0.05) is 0 Å². The van der Waals surface area contributed by atoms with Crippen LogP contribution in [0, 0.1) is 0 Å². The average Bonchev–Trinajstić information content (AvgIpc) is 3.31. The number of hydrogen-bond acceptors (Lipinski definition) is 5. The number of amides is 1. The number of nitrogens with one attached hydrogen (secondary N) is 2. The van der Waals surface area contributed by atoms with Crippen LogP contribution in [-0.4, -0.2) is 28.7 Å². The number of ether oxygens (including phenoxy) is 2. The van der Waals surface area contributed by atoms with Gasteiger partial charge in [-0.2, -0.15) is 5.10 Å². The van der Waals surface area contributed by atoms with Gasteiger partial charge in [0.1, 0.15) is 5.69 Å². The fourth-order valence-corrected chi connectivity index (χ4v) is 2.63. The topological polar surface area (TPSA) is 93.3 Å². The zero-order valence-corrected chi connectivity index (χ0v) is 13.9. The lowest BCUT2D eigenvalue weighted by atomic mass is 10.1. The number of benzene rings is 2. The molecule has 3 aromatic rings. The van der Waals surface area contributed by atoms with Crippen molar-refractivity contribution >= 4 is 17.4 Å². The second-order valence-electron chi connectivity index (χ2n) is 5.82. The summed E-state index contributed by atoms with van der Waals surface area (Å²) in [6.07, 6.45) is 0. The molecule has 1 aliphatic rings. The van der Waals surface area contributed by atoms with Crippen LogP contribution in [0.3, 0.4) is 0 Å². The highest BCUT2D eigenvalue weighted by atomic mass is 16.7. The van der Waals surface area contributed by atoms with Crippen LogP contribution in [0.2, 0.25) is 0 Å². The van der Waals surface area contributed by atoms with Gasteiger partial charge in [0.05, 0.1) is 5.69 Å². The van der Waals surface area contributed by atoms with Crippen LogP contribution in [0.1, 0.15) is 27.8 Å². The predicted molar refractivity (Wildman–Crippen MR) is 94.5 cm³/mol. The van der Waals surface area contributed by atoms with Gasteiger partial charge in [0.15, 0.2) is 17.3 Å². The normalized spacial score (nSPS) is 12.0. The molecule has 2 aromatic carbocycles. The number of Topliss-reactive ketones (excluding diaryl/α,β-unsaturated/α-hetero) is 1. The standard InChI is InChI=1S/C19H15N3O4/c1-11(23)12-2-5-14(6-3-12)20-19(24)16-9-15(21-22-16)13-4-7-17-18(8-13)26-10-25-17/h2-9H,10H2,1H3,(H,20,24)(H,21,22). The second-order valence-corrected chi connectivity index (χ2v) is 5.82. The maximum atomic E-state index is 12.4. The Kier molecular flexibility index (Phi) is 3.89. The van der Waals surface area contributed by atoms with Gasteiger partial charge in [0.2, 0.25) is 6.79 Å². The zero-order valence-electron chi connectivity index (χ0n) is 13.9. The number of H-pyrrole nitrogens is 1. The monoisotopic (exact) mass is 349 g/mol. The van der Waals surface area contributed by atoms with Crippen molar-refractivity contribution in [1.82, 2.24) is 10.2 Å². The Bertz CT molecular complexity index is 992. The van der Waals surface area contributed by atoms with Crippen molar-refractivity contribution in [2.75, 3.05) is 12.1 Å². The first-order valence-corrected chi connectivity index (χ1v) is 7.98. The number of aromatic amines is 1. The number of rotatable bonds is 4. The van der Waals surface area contributed by atoms with E-state index in [1.807, 2.05) is 18.2 Å². The lowest BCUT2D eigenvalue weighted by Gasteiger charge is -2.04. The second kappa shape index (κ2) is 6.36. The molecule has 2 N–H and O–H groups in total. The Hall–Kier alpha value is -3.61. The maximum Gasteiger partial charge on any atom is 0.273 e. The van der Waals surface area contributed by atoms with E-state index in [1.165, 1.54) is 6.92 Å². The number of nitrogens with zero attached hydrogens (tertiary/aromatic N) is 1. The molecule has 4 rings (SSSR count). The summed E-state index contributed by atoms with van der Waals surface area (Å²) >= 11 is 0. The molecule has 7 heteroatoms.